The Morgan fingerprint density at radius 2 is 1.79 bits per heavy atom. The summed E-state index contributed by atoms with van der Waals surface area (Å²) >= 11 is 2.18. The first kappa shape index (κ1) is 29.4. The summed E-state index contributed by atoms with van der Waals surface area (Å²) in [5.41, 5.74) is 0.632. The van der Waals surface area contributed by atoms with Gasteiger partial charge in [-0.25, -0.2) is 8.78 Å². The molecule has 9 nitrogen and oxygen atoms in total. The molecule has 3 aromatic rings. The number of nitrogens with zero attached hydrogens (tertiary/aromatic N) is 1. The molecule has 4 N–H and O–H groups in total. The van der Waals surface area contributed by atoms with Crippen molar-refractivity contribution in [1.82, 2.24) is 10.6 Å². The van der Waals surface area contributed by atoms with Gasteiger partial charge in [0.25, 0.3) is 5.91 Å². The third-order valence-corrected chi connectivity index (χ3v) is 6.38. The first-order valence-corrected chi connectivity index (χ1v) is 12.5. The van der Waals surface area contributed by atoms with Gasteiger partial charge in [0.1, 0.15) is 11.6 Å². The van der Waals surface area contributed by atoms with Gasteiger partial charge in [0, 0.05) is 28.8 Å². The van der Waals surface area contributed by atoms with Crippen LogP contribution in [0.25, 0.3) is 0 Å². The van der Waals surface area contributed by atoms with E-state index < -0.39 is 46.4 Å². The van der Waals surface area contributed by atoms with Crippen molar-refractivity contribution < 1.29 is 33.4 Å². The molecule has 0 spiro atoms. The summed E-state index contributed by atoms with van der Waals surface area (Å²) < 4.78 is 33.5. The van der Waals surface area contributed by atoms with E-state index in [2.05, 4.69) is 33.2 Å². The monoisotopic (exact) mass is 641 g/mol. The summed E-state index contributed by atoms with van der Waals surface area (Å²) in [6.45, 7) is 0.430. The lowest BCUT2D eigenvalue weighted by Gasteiger charge is -2.26. The Morgan fingerprint density at radius 1 is 1.08 bits per heavy atom. The molecule has 0 aliphatic rings. The number of amides is 1. The second kappa shape index (κ2) is 13.6. The Balaban J connectivity index is 1.77. The minimum Gasteiger partial charge on any atom is -0.490 e. The van der Waals surface area contributed by atoms with Crippen LogP contribution in [0.15, 0.2) is 60.7 Å². The van der Waals surface area contributed by atoms with Gasteiger partial charge in [-0.15, -0.1) is 0 Å². The van der Waals surface area contributed by atoms with Crippen molar-refractivity contribution in [2.45, 2.75) is 31.2 Å². The Kier molecular flexibility index (Phi) is 10.5. The number of nitrogens with one attached hydrogen (secondary N) is 2. The third-order valence-electron chi connectivity index (χ3n) is 5.71. The van der Waals surface area contributed by atoms with Crippen molar-refractivity contribution in [3.05, 3.63) is 103 Å². The SMILES string of the molecule is COc1ccc(C(O)C(=O)N[C@@H](Cc2cc(F)cc(F)c2)[C@H](O)CNCc2cccc(I)c2)cc1[N+](=O)[O-]. The van der Waals surface area contributed by atoms with Crippen molar-refractivity contribution in [3.63, 3.8) is 0 Å². The van der Waals surface area contributed by atoms with Crippen molar-refractivity contribution >= 4 is 34.2 Å². The van der Waals surface area contributed by atoms with Gasteiger partial charge in [0.05, 0.1) is 24.2 Å². The fraction of sp³-hybridized carbons (Fsp3) is 0.269. The smallest absolute Gasteiger partial charge is 0.311 e. The van der Waals surface area contributed by atoms with Gasteiger partial charge in [0.2, 0.25) is 0 Å². The van der Waals surface area contributed by atoms with E-state index in [0.717, 1.165) is 27.3 Å². The molecule has 0 aliphatic heterocycles. The minimum atomic E-state index is -1.82. The number of rotatable bonds is 12. The van der Waals surface area contributed by atoms with Crippen molar-refractivity contribution in [1.29, 1.82) is 0 Å². The summed E-state index contributed by atoms with van der Waals surface area (Å²) in [5, 5.41) is 38.4. The molecular weight excluding hydrogens is 615 g/mol. The van der Waals surface area contributed by atoms with Gasteiger partial charge in [-0.05, 0) is 76.0 Å². The van der Waals surface area contributed by atoms with Gasteiger partial charge < -0.3 is 25.6 Å². The molecule has 3 atom stereocenters. The van der Waals surface area contributed by atoms with Crippen LogP contribution in [0.1, 0.15) is 22.8 Å². The van der Waals surface area contributed by atoms with Crippen molar-refractivity contribution in [3.8, 4) is 5.75 Å². The van der Waals surface area contributed by atoms with Crippen LogP contribution in [-0.2, 0) is 17.8 Å². The van der Waals surface area contributed by atoms with E-state index in [1.54, 1.807) is 0 Å². The topological polar surface area (TPSA) is 134 Å². The minimum absolute atomic E-state index is 0.0122. The number of halogens is 3. The quantitative estimate of drug-likeness (QED) is 0.135. The molecule has 0 fully saturated rings. The first-order chi connectivity index (χ1) is 18.1. The molecule has 3 aromatic carbocycles. The van der Waals surface area contributed by atoms with E-state index in [-0.39, 0.29) is 29.8 Å². The van der Waals surface area contributed by atoms with E-state index >= 15 is 0 Å². The molecule has 0 bridgehead atoms. The fourth-order valence-electron chi connectivity index (χ4n) is 3.85. The average Bonchev–Trinajstić information content (AvgIpc) is 2.86. The number of hydrogen-bond acceptors (Lipinski definition) is 7. The van der Waals surface area contributed by atoms with Crippen molar-refractivity contribution in [2.75, 3.05) is 13.7 Å². The second-order valence-corrected chi connectivity index (χ2v) is 9.76. The molecule has 0 aromatic heterocycles. The molecule has 0 heterocycles. The standard InChI is InChI=1S/C26H26F2IN3O6/c1-38-24-6-5-17(11-22(24)32(36)37)25(34)26(35)31-21(10-16-7-18(27)12-19(28)8-16)23(33)14-30-13-15-3-2-4-20(29)9-15/h2-9,11-12,21,23,25,30,33-34H,10,13-14H2,1H3,(H,31,35)/t21-,23+,25?/m0/s1. The maximum atomic E-state index is 13.8. The number of benzene rings is 3. The Hall–Kier alpha value is -3.20. The summed E-state index contributed by atoms with van der Waals surface area (Å²) in [6, 6.07) is 13.1. The van der Waals surface area contributed by atoms with Crippen LogP contribution in [0.3, 0.4) is 0 Å². The molecule has 0 aliphatic carbocycles. The number of hydrogen-bond donors (Lipinski definition) is 4. The molecule has 202 valence electrons. The fourth-order valence-corrected chi connectivity index (χ4v) is 4.46. The normalized spacial score (nSPS) is 13.4. The van der Waals surface area contributed by atoms with E-state index in [9.17, 15) is 33.9 Å². The van der Waals surface area contributed by atoms with Crippen LogP contribution >= 0.6 is 22.6 Å². The summed E-state index contributed by atoms with van der Waals surface area (Å²) in [4.78, 5) is 23.5. The van der Waals surface area contributed by atoms with Crippen LogP contribution < -0.4 is 15.4 Å². The van der Waals surface area contributed by atoms with Crippen LogP contribution in [0.5, 0.6) is 5.75 Å². The number of methoxy groups -OCH3 is 1. The lowest BCUT2D eigenvalue weighted by Crippen LogP contribution is -2.50. The zero-order valence-corrected chi connectivity index (χ0v) is 22.4. The van der Waals surface area contributed by atoms with Gasteiger partial charge >= 0.3 is 5.69 Å². The largest absolute Gasteiger partial charge is 0.490 e. The van der Waals surface area contributed by atoms with Crippen LogP contribution in [0, 0.1) is 25.3 Å². The van der Waals surface area contributed by atoms with Gasteiger partial charge in [-0.3, -0.25) is 14.9 Å². The maximum absolute atomic E-state index is 13.8. The number of aliphatic hydroxyl groups excluding tert-OH is 2. The lowest BCUT2D eigenvalue weighted by molar-refractivity contribution is -0.385. The second-order valence-electron chi connectivity index (χ2n) is 8.52. The van der Waals surface area contributed by atoms with E-state index in [1.165, 1.54) is 19.2 Å². The number of nitro benzene ring substituents is 1. The van der Waals surface area contributed by atoms with E-state index in [4.69, 9.17) is 4.74 Å². The van der Waals surface area contributed by atoms with E-state index in [0.29, 0.717) is 12.6 Å². The molecule has 0 saturated heterocycles. The third kappa shape index (κ3) is 8.15. The van der Waals surface area contributed by atoms with Gasteiger partial charge in [-0.1, -0.05) is 18.2 Å². The Bertz CT molecular complexity index is 1280. The highest BCUT2D eigenvalue weighted by molar-refractivity contribution is 14.1. The molecule has 1 unspecified atom stereocenters. The first-order valence-electron chi connectivity index (χ1n) is 11.5. The number of ether oxygens (including phenoxy) is 1. The van der Waals surface area contributed by atoms with Crippen LogP contribution in [0.2, 0.25) is 0 Å². The summed E-state index contributed by atoms with van der Waals surface area (Å²) in [6.07, 6.45) is -3.19. The molecule has 0 saturated carbocycles. The zero-order chi connectivity index (χ0) is 27.8. The highest BCUT2D eigenvalue weighted by Crippen LogP contribution is 2.30. The predicted molar refractivity (Wildman–Crippen MR) is 143 cm³/mol. The molecule has 38 heavy (non-hydrogen) atoms. The molecular formula is C26H26F2IN3O6. The molecule has 1 amide bonds. The Morgan fingerprint density at radius 3 is 2.42 bits per heavy atom. The summed E-state index contributed by atoms with van der Waals surface area (Å²) in [7, 11) is 1.25. The number of nitro groups is 1. The highest BCUT2D eigenvalue weighted by Gasteiger charge is 2.28. The molecule has 0 radical (unpaired) electrons. The Labute approximate surface area is 231 Å². The zero-order valence-electron chi connectivity index (χ0n) is 20.2. The predicted octanol–water partition coefficient (Wildman–Crippen LogP) is 3.40. The van der Waals surface area contributed by atoms with Crippen LogP contribution in [-0.4, -0.2) is 46.8 Å². The number of aliphatic hydroxyl groups is 2. The van der Waals surface area contributed by atoms with Gasteiger partial charge in [0.15, 0.2) is 11.9 Å². The lowest BCUT2D eigenvalue weighted by atomic mass is 9.99. The number of carbonyl (C=O) groups is 1. The van der Waals surface area contributed by atoms with Crippen LogP contribution in [0.4, 0.5) is 14.5 Å². The molecule has 3 rings (SSSR count). The van der Waals surface area contributed by atoms with Crippen molar-refractivity contribution in [2.24, 2.45) is 0 Å². The average molecular weight is 641 g/mol. The van der Waals surface area contributed by atoms with Gasteiger partial charge in [-0.2, -0.15) is 0 Å². The highest BCUT2D eigenvalue weighted by atomic mass is 127. The number of carbonyl (C=O) groups excluding carboxylic acids is 1. The summed E-state index contributed by atoms with van der Waals surface area (Å²) in [5.74, 6) is -2.64. The molecule has 12 heteroatoms. The van der Waals surface area contributed by atoms with E-state index in [1.807, 2.05) is 24.3 Å². The maximum Gasteiger partial charge on any atom is 0.311 e.